The van der Waals surface area contributed by atoms with Crippen LogP contribution >= 0.6 is 0 Å². The van der Waals surface area contributed by atoms with Crippen LogP contribution in [0.1, 0.15) is 5.56 Å². The first kappa shape index (κ1) is 11.9. The van der Waals surface area contributed by atoms with Crippen molar-refractivity contribution in [1.29, 1.82) is 0 Å². The molecule has 1 aromatic carbocycles. The number of benzene rings is 1. The molecule has 0 atom stereocenters. The van der Waals surface area contributed by atoms with E-state index in [1.54, 1.807) is 0 Å². The van der Waals surface area contributed by atoms with Crippen LogP contribution in [0.4, 0.5) is 21.4 Å². The van der Waals surface area contributed by atoms with Crippen molar-refractivity contribution in [3.8, 4) is 0 Å². The minimum absolute atomic E-state index is 0.0262. The number of halogens is 5. The number of rotatable bonds is 1. The number of hydrogen-bond donors (Lipinski definition) is 0. The summed E-state index contributed by atoms with van der Waals surface area (Å²) in [4.78, 5) is -1.35. The van der Waals surface area contributed by atoms with Gasteiger partial charge in [-0.25, -0.2) is 4.39 Å². The van der Waals surface area contributed by atoms with Gasteiger partial charge < -0.3 is 0 Å². The van der Waals surface area contributed by atoms with Gasteiger partial charge in [-0.2, -0.15) is 21.6 Å². The Bertz CT molecular complexity index is 477. The molecule has 0 spiro atoms. The molecular formula is C7H3F5O2S. The Hall–Kier alpha value is -1.18. The molecule has 0 aliphatic heterocycles. The molecular weight excluding hydrogens is 243 g/mol. The summed E-state index contributed by atoms with van der Waals surface area (Å²) in [7, 11) is -5.35. The zero-order valence-corrected chi connectivity index (χ0v) is 7.66. The monoisotopic (exact) mass is 246 g/mol. The summed E-state index contributed by atoms with van der Waals surface area (Å²) in [6, 6.07) is 0.275. The van der Waals surface area contributed by atoms with Gasteiger partial charge in [-0.15, -0.1) is 3.89 Å². The Morgan fingerprint density at radius 1 is 1.07 bits per heavy atom. The Labute approximate surface area is 81.5 Å². The molecule has 0 aliphatic rings. The first-order chi connectivity index (χ1) is 6.60. The van der Waals surface area contributed by atoms with E-state index in [-0.39, 0.29) is 18.2 Å². The molecule has 0 bridgehead atoms. The average molecular weight is 246 g/mol. The van der Waals surface area contributed by atoms with E-state index in [4.69, 9.17) is 0 Å². The van der Waals surface area contributed by atoms with Gasteiger partial charge in [0, 0.05) is 0 Å². The van der Waals surface area contributed by atoms with Crippen molar-refractivity contribution in [3.05, 3.63) is 29.6 Å². The third kappa shape index (κ3) is 2.88. The van der Waals surface area contributed by atoms with Gasteiger partial charge in [-0.3, -0.25) is 0 Å². The maximum absolute atomic E-state index is 12.6. The lowest BCUT2D eigenvalue weighted by molar-refractivity contribution is -0.137. The van der Waals surface area contributed by atoms with Crippen LogP contribution in [-0.4, -0.2) is 8.42 Å². The van der Waals surface area contributed by atoms with Gasteiger partial charge in [-0.05, 0) is 18.2 Å². The molecule has 0 radical (unpaired) electrons. The number of alkyl halides is 3. The predicted molar refractivity (Wildman–Crippen MR) is 39.7 cm³/mol. The summed E-state index contributed by atoms with van der Waals surface area (Å²) in [6.07, 6.45) is -4.93. The minimum atomic E-state index is -5.35. The topological polar surface area (TPSA) is 34.1 Å². The Kier molecular flexibility index (Phi) is 2.73. The maximum atomic E-state index is 12.6. The Balaban J connectivity index is 3.43. The van der Waals surface area contributed by atoms with Gasteiger partial charge in [0.2, 0.25) is 0 Å². The van der Waals surface area contributed by atoms with Gasteiger partial charge in [-0.1, -0.05) is 0 Å². The van der Waals surface area contributed by atoms with Crippen molar-refractivity contribution in [1.82, 2.24) is 0 Å². The highest BCUT2D eigenvalue weighted by Gasteiger charge is 2.32. The quantitative estimate of drug-likeness (QED) is 0.563. The van der Waals surface area contributed by atoms with Crippen molar-refractivity contribution in [3.63, 3.8) is 0 Å². The van der Waals surface area contributed by atoms with E-state index in [0.29, 0.717) is 0 Å². The molecule has 15 heavy (non-hydrogen) atoms. The normalized spacial score (nSPS) is 12.9. The molecule has 0 aromatic heterocycles. The third-order valence-corrected chi connectivity index (χ3v) is 2.28. The standard InChI is InChI=1S/C7H3F5O2S/c8-5-1-4(7(9,10)11)2-6(3-5)15(12,13)14/h1-3H. The van der Waals surface area contributed by atoms with Crippen LogP contribution in [0.15, 0.2) is 23.1 Å². The molecule has 8 heteroatoms. The fraction of sp³-hybridized carbons (Fsp3) is 0.143. The molecule has 0 amide bonds. The first-order valence-electron chi connectivity index (χ1n) is 3.43. The summed E-state index contributed by atoms with van der Waals surface area (Å²) in [5.74, 6) is -1.47. The van der Waals surface area contributed by atoms with Crippen molar-refractivity contribution < 1.29 is 29.9 Å². The van der Waals surface area contributed by atoms with E-state index >= 15 is 0 Å². The Morgan fingerprint density at radius 3 is 2.00 bits per heavy atom. The summed E-state index contributed by atoms with van der Waals surface area (Å²) in [5.41, 5.74) is -1.56. The van der Waals surface area contributed by atoms with E-state index in [1.165, 1.54) is 0 Å². The second kappa shape index (κ2) is 3.44. The first-order valence-corrected chi connectivity index (χ1v) is 4.81. The lowest BCUT2D eigenvalue weighted by Crippen LogP contribution is -2.07. The average Bonchev–Trinajstić information content (AvgIpc) is 1.99. The lowest BCUT2D eigenvalue weighted by Gasteiger charge is -2.07. The van der Waals surface area contributed by atoms with Crippen LogP contribution in [0.3, 0.4) is 0 Å². The number of hydrogen-bond acceptors (Lipinski definition) is 2. The smallest absolute Gasteiger partial charge is 0.207 e. The molecule has 84 valence electrons. The molecule has 0 aliphatic carbocycles. The van der Waals surface area contributed by atoms with Gasteiger partial charge in [0.05, 0.1) is 5.56 Å². The molecule has 1 aromatic rings. The summed E-state index contributed by atoms with van der Waals surface area (Å²) >= 11 is 0. The third-order valence-electron chi connectivity index (χ3n) is 1.48. The second-order valence-corrected chi connectivity index (χ2v) is 3.96. The van der Waals surface area contributed by atoms with Crippen LogP contribution in [0, 0.1) is 5.82 Å². The second-order valence-electron chi connectivity index (χ2n) is 2.61. The van der Waals surface area contributed by atoms with Gasteiger partial charge in [0.25, 0.3) is 0 Å². The van der Waals surface area contributed by atoms with E-state index < -0.39 is 32.7 Å². The SMILES string of the molecule is O=S(=O)(F)c1cc(F)cc(C(F)(F)F)c1. The fourth-order valence-electron chi connectivity index (χ4n) is 0.867. The van der Waals surface area contributed by atoms with E-state index in [2.05, 4.69) is 0 Å². The molecule has 0 N–H and O–H groups in total. The molecule has 2 nitrogen and oxygen atoms in total. The molecule has 1 rings (SSSR count). The summed E-state index contributed by atoms with van der Waals surface area (Å²) in [6.45, 7) is 0. The van der Waals surface area contributed by atoms with E-state index in [0.717, 1.165) is 0 Å². The zero-order valence-electron chi connectivity index (χ0n) is 6.85. The van der Waals surface area contributed by atoms with Crippen molar-refractivity contribution in [2.24, 2.45) is 0 Å². The largest absolute Gasteiger partial charge is 0.416 e. The molecule has 0 fully saturated rings. The van der Waals surface area contributed by atoms with Crippen molar-refractivity contribution in [2.75, 3.05) is 0 Å². The van der Waals surface area contributed by atoms with Crippen molar-refractivity contribution >= 4 is 10.2 Å². The van der Waals surface area contributed by atoms with Crippen LogP contribution in [0.25, 0.3) is 0 Å². The highest BCUT2D eigenvalue weighted by Crippen LogP contribution is 2.31. The predicted octanol–water partition coefficient (Wildman–Crippen LogP) is 2.50. The van der Waals surface area contributed by atoms with E-state index in [9.17, 15) is 29.9 Å². The van der Waals surface area contributed by atoms with Crippen LogP contribution in [0.2, 0.25) is 0 Å². The summed E-state index contributed by atoms with van der Waals surface area (Å²) < 4.78 is 81.5. The van der Waals surface area contributed by atoms with Crippen LogP contribution in [0.5, 0.6) is 0 Å². The molecule has 0 saturated carbocycles. The lowest BCUT2D eigenvalue weighted by atomic mass is 10.2. The summed E-state index contributed by atoms with van der Waals surface area (Å²) in [5, 5.41) is 0. The fourth-order valence-corrected chi connectivity index (χ4v) is 1.39. The van der Waals surface area contributed by atoms with Crippen LogP contribution < -0.4 is 0 Å². The zero-order chi connectivity index (χ0) is 11.9. The van der Waals surface area contributed by atoms with Crippen LogP contribution in [-0.2, 0) is 16.4 Å². The minimum Gasteiger partial charge on any atom is -0.207 e. The Morgan fingerprint density at radius 2 is 1.60 bits per heavy atom. The van der Waals surface area contributed by atoms with Gasteiger partial charge in [0.15, 0.2) is 0 Å². The molecule has 0 saturated heterocycles. The van der Waals surface area contributed by atoms with E-state index in [1.807, 2.05) is 0 Å². The highest BCUT2D eigenvalue weighted by molar-refractivity contribution is 7.86. The maximum Gasteiger partial charge on any atom is 0.416 e. The van der Waals surface area contributed by atoms with Gasteiger partial charge >= 0.3 is 16.4 Å². The van der Waals surface area contributed by atoms with Crippen molar-refractivity contribution in [2.45, 2.75) is 11.1 Å². The molecule has 0 unspecified atom stereocenters. The van der Waals surface area contributed by atoms with Gasteiger partial charge in [0.1, 0.15) is 10.7 Å². The highest BCUT2D eigenvalue weighted by atomic mass is 32.3. The molecule has 0 heterocycles.